The van der Waals surface area contributed by atoms with Gasteiger partial charge < -0.3 is 19.4 Å². The van der Waals surface area contributed by atoms with Gasteiger partial charge in [-0.05, 0) is 29.8 Å². The van der Waals surface area contributed by atoms with Gasteiger partial charge in [0.15, 0.2) is 0 Å². The van der Waals surface area contributed by atoms with Gasteiger partial charge in [-0.2, -0.15) is 0 Å². The SMILES string of the molecule is CCc1nc2ccccc2n1CC(=O)NCC(c1ccc(OC)cc1)N1CCOCC1. The van der Waals surface area contributed by atoms with Crippen LogP contribution in [0.4, 0.5) is 0 Å². The Kier molecular flexibility index (Phi) is 6.84. The number of ether oxygens (including phenoxy) is 2. The Hall–Kier alpha value is -2.90. The summed E-state index contributed by atoms with van der Waals surface area (Å²) in [5.74, 6) is 1.74. The molecule has 3 aromatic rings. The summed E-state index contributed by atoms with van der Waals surface area (Å²) in [6.07, 6.45) is 0.782. The van der Waals surface area contributed by atoms with E-state index in [1.807, 2.05) is 41.0 Å². The van der Waals surface area contributed by atoms with Gasteiger partial charge in [-0.15, -0.1) is 0 Å². The highest BCUT2D eigenvalue weighted by Crippen LogP contribution is 2.24. The number of fused-ring (bicyclic) bond motifs is 1. The van der Waals surface area contributed by atoms with Crippen LogP contribution in [-0.2, 0) is 22.5 Å². The second kappa shape index (κ2) is 9.94. The highest BCUT2D eigenvalue weighted by Gasteiger charge is 2.23. The van der Waals surface area contributed by atoms with Crippen molar-refractivity contribution in [2.24, 2.45) is 0 Å². The molecule has 1 aliphatic rings. The second-order valence-corrected chi connectivity index (χ2v) is 7.70. The molecule has 0 bridgehead atoms. The number of carbonyl (C=O) groups excluding carboxylic acids is 1. The molecule has 1 aliphatic heterocycles. The van der Waals surface area contributed by atoms with Crippen LogP contribution in [0.3, 0.4) is 0 Å². The molecular formula is C24H30N4O3. The molecule has 0 spiro atoms. The van der Waals surface area contributed by atoms with E-state index in [0.29, 0.717) is 19.8 Å². The van der Waals surface area contributed by atoms with Crippen LogP contribution in [0.1, 0.15) is 24.4 Å². The maximum absolute atomic E-state index is 12.9. The summed E-state index contributed by atoms with van der Waals surface area (Å²) in [7, 11) is 1.67. The number of morpholine rings is 1. The maximum atomic E-state index is 12.9. The number of hydrogen-bond donors (Lipinski definition) is 1. The van der Waals surface area contributed by atoms with Crippen molar-refractivity contribution in [3.8, 4) is 5.75 Å². The summed E-state index contributed by atoms with van der Waals surface area (Å²) >= 11 is 0. The molecular weight excluding hydrogens is 392 g/mol. The van der Waals surface area contributed by atoms with Crippen LogP contribution >= 0.6 is 0 Å². The fraction of sp³-hybridized carbons (Fsp3) is 0.417. The van der Waals surface area contributed by atoms with Crippen molar-refractivity contribution >= 4 is 16.9 Å². The van der Waals surface area contributed by atoms with Crippen LogP contribution < -0.4 is 10.1 Å². The van der Waals surface area contributed by atoms with Crippen LogP contribution in [0.15, 0.2) is 48.5 Å². The number of carbonyl (C=O) groups is 1. The Bertz CT molecular complexity index is 1010. The lowest BCUT2D eigenvalue weighted by Crippen LogP contribution is -2.44. The largest absolute Gasteiger partial charge is 0.497 e. The van der Waals surface area contributed by atoms with Crippen LogP contribution in [0.2, 0.25) is 0 Å². The summed E-state index contributed by atoms with van der Waals surface area (Å²) in [6, 6.07) is 16.1. The Balaban J connectivity index is 1.48. The highest BCUT2D eigenvalue weighted by atomic mass is 16.5. The number of aryl methyl sites for hydroxylation is 1. The van der Waals surface area contributed by atoms with Crippen molar-refractivity contribution in [1.82, 2.24) is 19.8 Å². The summed E-state index contributed by atoms with van der Waals surface area (Å²) in [6.45, 7) is 5.98. The molecule has 0 radical (unpaired) electrons. The number of amides is 1. The molecule has 7 heteroatoms. The van der Waals surface area contributed by atoms with Gasteiger partial charge in [0.25, 0.3) is 0 Å². The van der Waals surface area contributed by atoms with Crippen molar-refractivity contribution in [3.63, 3.8) is 0 Å². The van der Waals surface area contributed by atoms with E-state index in [0.717, 1.165) is 47.7 Å². The first-order chi connectivity index (χ1) is 15.2. The van der Waals surface area contributed by atoms with Crippen LogP contribution in [-0.4, -0.2) is 60.3 Å². The molecule has 1 fully saturated rings. The Labute approximate surface area is 183 Å². The monoisotopic (exact) mass is 422 g/mol. The minimum atomic E-state index is -0.00961. The Morgan fingerprint density at radius 2 is 1.90 bits per heavy atom. The van der Waals surface area contributed by atoms with Gasteiger partial charge in [-0.3, -0.25) is 9.69 Å². The number of aromatic nitrogens is 2. The van der Waals surface area contributed by atoms with Gasteiger partial charge in [0.1, 0.15) is 18.1 Å². The molecule has 0 saturated carbocycles. The Morgan fingerprint density at radius 3 is 2.61 bits per heavy atom. The molecule has 31 heavy (non-hydrogen) atoms. The van der Waals surface area contributed by atoms with E-state index < -0.39 is 0 Å². The van der Waals surface area contributed by atoms with Crippen LogP contribution in [0, 0.1) is 0 Å². The van der Waals surface area contributed by atoms with Gasteiger partial charge in [-0.25, -0.2) is 4.98 Å². The molecule has 7 nitrogen and oxygen atoms in total. The third-order valence-corrected chi connectivity index (χ3v) is 5.83. The molecule has 2 heterocycles. The molecule has 1 unspecified atom stereocenters. The van der Waals surface area contributed by atoms with Gasteiger partial charge >= 0.3 is 0 Å². The minimum Gasteiger partial charge on any atom is -0.497 e. The topological polar surface area (TPSA) is 68.6 Å². The lowest BCUT2D eigenvalue weighted by atomic mass is 10.0. The highest BCUT2D eigenvalue weighted by molar-refractivity contribution is 5.81. The summed E-state index contributed by atoms with van der Waals surface area (Å²) in [5.41, 5.74) is 3.08. The zero-order valence-electron chi connectivity index (χ0n) is 18.2. The lowest BCUT2D eigenvalue weighted by molar-refractivity contribution is -0.122. The fourth-order valence-electron chi connectivity index (χ4n) is 4.15. The van der Waals surface area contributed by atoms with E-state index in [2.05, 4.69) is 34.3 Å². The molecule has 1 atom stereocenters. The number of imidazole rings is 1. The summed E-state index contributed by atoms with van der Waals surface area (Å²) in [4.78, 5) is 20.0. The van der Waals surface area contributed by atoms with E-state index in [4.69, 9.17) is 9.47 Å². The third-order valence-electron chi connectivity index (χ3n) is 5.83. The quantitative estimate of drug-likeness (QED) is 0.605. The Morgan fingerprint density at radius 1 is 1.16 bits per heavy atom. The van der Waals surface area contributed by atoms with Crippen molar-refractivity contribution in [1.29, 1.82) is 0 Å². The van der Waals surface area contributed by atoms with Crippen molar-refractivity contribution in [2.75, 3.05) is 40.0 Å². The molecule has 1 amide bonds. The zero-order chi connectivity index (χ0) is 21.6. The van der Waals surface area contributed by atoms with E-state index in [9.17, 15) is 4.79 Å². The van der Waals surface area contributed by atoms with Gasteiger partial charge in [0, 0.05) is 26.1 Å². The number of nitrogens with zero attached hydrogens (tertiary/aromatic N) is 3. The number of hydrogen-bond acceptors (Lipinski definition) is 5. The average Bonchev–Trinajstić information content (AvgIpc) is 3.18. The van der Waals surface area contributed by atoms with Gasteiger partial charge in [-0.1, -0.05) is 31.2 Å². The lowest BCUT2D eigenvalue weighted by Gasteiger charge is -2.35. The smallest absolute Gasteiger partial charge is 0.240 e. The average molecular weight is 423 g/mol. The van der Waals surface area contributed by atoms with Crippen LogP contribution in [0.5, 0.6) is 5.75 Å². The van der Waals surface area contributed by atoms with E-state index in [-0.39, 0.29) is 18.5 Å². The van der Waals surface area contributed by atoms with E-state index in [1.54, 1.807) is 7.11 Å². The predicted octanol–water partition coefficient (Wildman–Crippen LogP) is 2.80. The molecule has 1 saturated heterocycles. The number of benzene rings is 2. The van der Waals surface area contributed by atoms with Gasteiger partial charge in [0.05, 0.1) is 37.4 Å². The summed E-state index contributed by atoms with van der Waals surface area (Å²) < 4.78 is 12.8. The number of rotatable bonds is 8. The molecule has 1 aromatic heterocycles. The van der Waals surface area contributed by atoms with Crippen molar-refractivity contribution in [3.05, 3.63) is 59.9 Å². The number of para-hydroxylation sites is 2. The first-order valence-corrected chi connectivity index (χ1v) is 10.9. The molecule has 4 rings (SSSR count). The normalized spacial score (nSPS) is 15.7. The molecule has 164 valence electrons. The van der Waals surface area contributed by atoms with Crippen molar-refractivity contribution in [2.45, 2.75) is 25.9 Å². The number of methoxy groups -OCH3 is 1. The molecule has 1 N–H and O–H groups in total. The van der Waals surface area contributed by atoms with E-state index in [1.165, 1.54) is 0 Å². The van der Waals surface area contributed by atoms with Crippen molar-refractivity contribution < 1.29 is 14.3 Å². The zero-order valence-corrected chi connectivity index (χ0v) is 18.2. The fourth-order valence-corrected chi connectivity index (χ4v) is 4.15. The van der Waals surface area contributed by atoms with E-state index >= 15 is 0 Å². The minimum absolute atomic E-state index is 0.00961. The first-order valence-electron chi connectivity index (χ1n) is 10.9. The molecule has 0 aliphatic carbocycles. The maximum Gasteiger partial charge on any atom is 0.240 e. The molecule has 2 aromatic carbocycles. The first kappa shape index (κ1) is 21.3. The van der Waals surface area contributed by atoms with Crippen LogP contribution in [0.25, 0.3) is 11.0 Å². The third kappa shape index (κ3) is 4.89. The standard InChI is InChI=1S/C24H30N4O3/c1-3-23-26-20-6-4-5-7-21(20)28(23)17-24(29)25-16-22(27-12-14-31-15-13-27)18-8-10-19(30-2)11-9-18/h4-11,22H,3,12-17H2,1-2H3,(H,25,29). The predicted molar refractivity (Wildman–Crippen MR) is 120 cm³/mol. The second-order valence-electron chi connectivity index (χ2n) is 7.70. The number of nitrogens with one attached hydrogen (secondary N) is 1. The summed E-state index contributed by atoms with van der Waals surface area (Å²) in [5, 5.41) is 3.16. The van der Waals surface area contributed by atoms with Gasteiger partial charge in [0.2, 0.25) is 5.91 Å².